The summed E-state index contributed by atoms with van der Waals surface area (Å²) in [5.41, 5.74) is 2.79. The van der Waals surface area contributed by atoms with Crippen molar-refractivity contribution in [2.24, 2.45) is 0 Å². The summed E-state index contributed by atoms with van der Waals surface area (Å²) in [5, 5.41) is 0. The first-order valence-corrected chi connectivity index (χ1v) is 5.41. The van der Waals surface area contributed by atoms with Crippen LogP contribution in [0.2, 0.25) is 0 Å². The van der Waals surface area contributed by atoms with Crippen LogP contribution in [-0.2, 0) is 0 Å². The molecule has 0 aromatic rings. The van der Waals surface area contributed by atoms with Gasteiger partial charge in [-0.25, -0.2) is 0 Å². The Kier molecular flexibility index (Phi) is 2.95. The molecule has 2 heteroatoms. The van der Waals surface area contributed by atoms with Gasteiger partial charge in [0.1, 0.15) is 0 Å². The van der Waals surface area contributed by atoms with Crippen molar-refractivity contribution >= 4 is 0 Å². The molecule has 0 aliphatic heterocycles. The minimum Gasteiger partial charge on any atom is -0.360 e. The molecule has 0 spiro atoms. The van der Waals surface area contributed by atoms with E-state index in [1.165, 1.54) is 11.4 Å². The smallest absolute Gasteiger partial charge is 0.0891 e. The van der Waals surface area contributed by atoms with Gasteiger partial charge < -0.3 is 9.80 Å². The van der Waals surface area contributed by atoms with E-state index in [0.717, 1.165) is 19.5 Å². The molecule has 15 heavy (non-hydrogen) atoms. The second-order valence-electron chi connectivity index (χ2n) is 4.12. The summed E-state index contributed by atoms with van der Waals surface area (Å²) in [6, 6.07) is 0. The third kappa shape index (κ3) is 2.32. The van der Waals surface area contributed by atoms with Crippen molar-refractivity contribution in [3.05, 3.63) is 47.9 Å². The van der Waals surface area contributed by atoms with Crippen LogP contribution in [0, 0.1) is 0 Å². The molecule has 0 radical (unpaired) electrons. The summed E-state index contributed by atoms with van der Waals surface area (Å²) in [4.78, 5) is 4.61. The maximum absolute atomic E-state index is 2.30. The third-order valence-corrected chi connectivity index (χ3v) is 2.91. The number of hydrogen-bond donors (Lipinski definition) is 0. The molecule has 0 fully saturated rings. The van der Waals surface area contributed by atoms with Gasteiger partial charge in [0.15, 0.2) is 0 Å². The first-order valence-electron chi connectivity index (χ1n) is 5.41. The molecule has 0 heterocycles. The molecular weight excluding hydrogens is 184 g/mol. The summed E-state index contributed by atoms with van der Waals surface area (Å²) in [7, 11) is 4.30. The maximum atomic E-state index is 2.30. The van der Waals surface area contributed by atoms with Crippen LogP contribution < -0.4 is 0 Å². The molecule has 0 bridgehead atoms. The summed E-state index contributed by atoms with van der Waals surface area (Å²) in [5.74, 6) is 0. The molecule has 2 aliphatic rings. The highest BCUT2D eigenvalue weighted by molar-refractivity contribution is 5.23. The monoisotopic (exact) mass is 202 g/mol. The Bertz CT molecular complexity index is 314. The Hall–Kier alpha value is -1.44. The van der Waals surface area contributed by atoms with Crippen LogP contribution >= 0.6 is 0 Å². The third-order valence-electron chi connectivity index (χ3n) is 2.91. The maximum Gasteiger partial charge on any atom is 0.0891 e. The average molecular weight is 202 g/mol. The zero-order chi connectivity index (χ0) is 10.7. The molecule has 0 atom stereocenters. The van der Waals surface area contributed by atoms with Gasteiger partial charge in [-0.3, -0.25) is 0 Å². The van der Waals surface area contributed by atoms with Gasteiger partial charge in [-0.1, -0.05) is 24.3 Å². The van der Waals surface area contributed by atoms with Crippen molar-refractivity contribution in [3.8, 4) is 0 Å². The summed E-state index contributed by atoms with van der Waals surface area (Å²) < 4.78 is 0. The van der Waals surface area contributed by atoms with Crippen LogP contribution in [0.1, 0.15) is 12.8 Å². The Morgan fingerprint density at radius 1 is 0.933 bits per heavy atom. The Balaban J connectivity index is 1.86. The highest BCUT2D eigenvalue weighted by atomic mass is 15.3. The van der Waals surface area contributed by atoms with Crippen LogP contribution in [0.5, 0.6) is 0 Å². The molecule has 80 valence electrons. The lowest BCUT2D eigenvalue weighted by atomic mass is 10.3. The van der Waals surface area contributed by atoms with E-state index in [0.29, 0.717) is 0 Å². The van der Waals surface area contributed by atoms with Gasteiger partial charge in [-0.15, -0.1) is 0 Å². The van der Waals surface area contributed by atoms with E-state index in [1.807, 2.05) is 0 Å². The minimum absolute atomic E-state index is 0.959. The molecule has 2 rings (SSSR count). The second kappa shape index (κ2) is 4.39. The predicted molar refractivity (Wildman–Crippen MR) is 64.1 cm³/mol. The van der Waals surface area contributed by atoms with Crippen LogP contribution in [0.4, 0.5) is 0 Å². The Morgan fingerprint density at radius 3 is 1.73 bits per heavy atom. The largest absolute Gasteiger partial charge is 0.360 e. The van der Waals surface area contributed by atoms with E-state index in [9.17, 15) is 0 Å². The van der Waals surface area contributed by atoms with Gasteiger partial charge in [0, 0.05) is 38.3 Å². The molecule has 2 aliphatic carbocycles. The molecule has 2 nitrogen and oxygen atoms in total. The standard InChI is InChI=1S/C13H18N2/c1-14(12-7-3-4-8-12)11-15(2)13-9-5-6-10-13/h3-7,9H,8,10-11H2,1-2H3. The van der Waals surface area contributed by atoms with Gasteiger partial charge in [-0.2, -0.15) is 0 Å². The first-order chi connectivity index (χ1) is 7.27. The zero-order valence-corrected chi connectivity index (χ0v) is 9.48. The fourth-order valence-corrected chi connectivity index (χ4v) is 1.94. The number of rotatable bonds is 4. The van der Waals surface area contributed by atoms with Crippen molar-refractivity contribution in [3.63, 3.8) is 0 Å². The Morgan fingerprint density at radius 2 is 1.40 bits per heavy atom. The van der Waals surface area contributed by atoms with Gasteiger partial charge in [-0.05, 0) is 12.2 Å². The normalized spacial score (nSPS) is 18.0. The SMILES string of the molecule is CN(CN(C)C1=CC=CC1)C1=CC=CC1. The predicted octanol–water partition coefficient (Wildman–Crippen LogP) is 2.50. The highest BCUT2D eigenvalue weighted by Gasteiger charge is 2.10. The van der Waals surface area contributed by atoms with Crippen LogP contribution in [0.15, 0.2) is 47.9 Å². The quantitative estimate of drug-likeness (QED) is 0.646. The Labute approximate surface area is 91.9 Å². The molecular formula is C13H18N2. The van der Waals surface area contributed by atoms with E-state index in [-0.39, 0.29) is 0 Å². The van der Waals surface area contributed by atoms with E-state index < -0.39 is 0 Å². The van der Waals surface area contributed by atoms with Crippen LogP contribution in [0.3, 0.4) is 0 Å². The fourth-order valence-electron chi connectivity index (χ4n) is 1.94. The van der Waals surface area contributed by atoms with E-state index in [4.69, 9.17) is 0 Å². The van der Waals surface area contributed by atoms with E-state index in [1.54, 1.807) is 0 Å². The molecule has 0 aromatic carbocycles. The molecule has 0 aromatic heterocycles. The molecule has 0 amide bonds. The van der Waals surface area contributed by atoms with E-state index >= 15 is 0 Å². The topological polar surface area (TPSA) is 6.48 Å². The highest BCUT2D eigenvalue weighted by Crippen LogP contribution is 2.18. The molecule has 0 saturated carbocycles. The van der Waals surface area contributed by atoms with Crippen molar-refractivity contribution < 1.29 is 0 Å². The lowest BCUT2D eigenvalue weighted by Crippen LogP contribution is -2.31. The number of allylic oxidation sites excluding steroid dienone is 6. The first kappa shape index (κ1) is 10.1. The van der Waals surface area contributed by atoms with Gasteiger partial charge in [0.25, 0.3) is 0 Å². The molecule has 0 N–H and O–H groups in total. The van der Waals surface area contributed by atoms with Crippen molar-refractivity contribution in [1.82, 2.24) is 9.80 Å². The van der Waals surface area contributed by atoms with Crippen molar-refractivity contribution in [2.75, 3.05) is 20.8 Å². The zero-order valence-electron chi connectivity index (χ0n) is 9.48. The van der Waals surface area contributed by atoms with Gasteiger partial charge >= 0.3 is 0 Å². The van der Waals surface area contributed by atoms with Gasteiger partial charge in [0.05, 0.1) is 6.67 Å². The summed E-state index contributed by atoms with van der Waals surface area (Å²) in [6.45, 7) is 0.959. The summed E-state index contributed by atoms with van der Waals surface area (Å²) in [6.07, 6.45) is 15.2. The van der Waals surface area contributed by atoms with Gasteiger partial charge in [0.2, 0.25) is 0 Å². The number of nitrogens with zero attached hydrogens (tertiary/aromatic N) is 2. The van der Waals surface area contributed by atoms with Crippen LogP contribution in [0.25, 0.3) is 0 Å². The number of hydrogen-bond acceptors (Lipinski definition) is 2. The minimum atomic E-state index is 0.959. The lowest BCUT2D eigenvalue weighted by molar-refractivity contribution is 0.254. The second-order valence-corrected chi connectivity index (χ2v) is 4.12. The van der Waals surface area contributed by atoms with Crippen molar-refractivity contribution in [2.45, 2.75) is 12.8 Å². The molecule has 0 unspecified atom stereocenters. The molecule has 0 saturated heterocycles. The lowest BCUT2D eigenvalue weighted by Gasteiger charge is -2.29. The van der Waals surface area contributed by atoms with Crippen molar-refractivity contribution in [1.29, 1.82) is 0 Å². The van der Waals surface area contributed by atoms with E-state index in [2.05, 4.69) is 60.4 Å². The fraction of sp³-hybridized carbons (Fsp3) is 0.385. The summed E-state index contributed by atoms with van der Waals surface area (Å²) >= 11 is 0. The average Bonchev–Trinajstić information content (AvgIpc) is 2.91. The van der Waals surface area contributed by atoms with Crippen LogP contribution in [-0.4, -0.2) is 30.6 Å².